The van der Waals surface area contributed by atoms with Crippen molar-refractivity contribution in [2.75, 3.05) is 12.4 Å². The van der Waals surface area contributed by atoms with E-state index in [1.807, 2.05) is 67.6 Å². The third kappa shape index (κ3) is 4.46. The highest BCUT2D eigenvalue weighted by atomic mass is 32.2. The lowest BCUT2D eigenvalue weighted by Crippen LogP contribution is -2.36. The van der Waals surface area contributed by atoms with E-state index in [-0.39, 0.29) is 14.4 Å². The van der Waals surface area contributed by atoms with Gasteiger partial charge in [0, 0.05) is 10.6 Å². The first-order valence-corrected chi connectivity index (χ1v) is 9.66. The number of esters is 1. The Labute approximate surface area is 149 Å². The van der Waals surface area contributed by atoms with E-state index in [1.165, 1.54) is 0 Å². The van der Waals surface area contributed by atoms with Gasteiger partial charge < -0.3 is 4.74 Å². The number of hydrogen-bond acceptors (Lipinski definition) is 4. The molecular formula is C19H21O3PS. The van der Waals surface area contributed by atoms with Crippen LogP contribution in [0.2, 0.25) is 0 Å². The van der Waals surface area contributed by atoms with Crippen molar-refractivity contribution in [2.45, 2.75) is 23.9 Å². The van der Waals surface area contributed by atoms with Crippen molar-refractivity contribution in [2.24, 2.45) is 5.92 Å². The van der Waals surface area contributed by atoms with Crippen molar-refractivity contribution in [3.8, 4) is 0 Å². The molecule has 126 valence electrons. The normalized spacial score (nSPS) is 14.8. The van der Waals surface area contributed by atoms with Gasteiger partial charge in [0.05, 0.1) is 17.7 Å². The van der Waals surface area contributed by atoms with Gasteiger partial charge in [-0.1, -0.05) is 48.5 Å². The average Bonchev–Trinajstić information content (AvgIpc) is 2.63. The molecule has 0 aliphatic rings. The molecule has 2 aromatic rings. The van der Waals surface area contributed by atoms with Gasteiger partial charge in [0.1, 0.15) is 0 Å². The monoisotopic (exact) mass is 360 g/mol. The van der Waals surface area contributed by atoms with Gasteiger partial charge in [-0.2, -0.15) is 0 Å². The number of carbonyl (C=O) groups excluding carboxylic acids is 1. The molecule has 2 atom stereocenters. The van der Waals surface area contributed by atoms with E-state index in [1.54, 1.807) is 18.7 Å². The van der Waals surface area contributed by atoms with Gasteiger partial charge in [0.25, 0.3) is 0 Å². The molecule has 24 heavy (non-hydrogen) atoms. The Kier molecular flexibility index (Phi) is 7.01. The van der Waals surface area contributed by atoms with Crippen molar-refractivity contribution in [3.63, 3.8) is 0 Å². The largest absolute Gasteiger partial charge is 0.466 e. The van der Waals surface area contributed by atoms with Gasteiger partial charge in [-0.15, -0.1) is 11.8 Å². The Balaban J connectivity index is 2.30. The van der Waals surface area contributed by atoms with Crippen LogP contribution in [-0.4, -0.2) is 18.3 Å². The average molecular weight is 360 g/mol. The standard InChI is InChI=1S/C19H21O3PS/c1-3-22-18(20)17(14-24-16-12-8-5-9-13-16)19(2,23-21)15-10-6-4-7-11-15/h4-13,17H,3,14H2,1-2H3. The van der Waals surface area contributed by atoms with Crippen molar-refractivity contribution in [3.05, 3.63) is 66.2 Å². The minimum atomic E-state index is -0.824. The number of thioether (sulfide) groups is 1. The molecule has 2 aromatic carbocycles. The van der Waals surface area contributed by atoms with Gasteiger partial charge in [0.2, 0.25) is 0 Å². The van der Waals surface area contributed by atoms with Crippen LogP contribution in [0.3, 0.4) is 0 Å². The molecule has 0 aliphatic carbocycles. The first-order chi connectivity index (χ1) is 11.6. The number of hydrogen-bond donors (Lipinski definition) is 0. The Bertz CT molecular complexity index is 663. The molecule has 0 aromatic heterocycles. The van der Waals surface area contributed by atoms with Gasteiger partial charge in [-0.25, -0.2) is 0 Å². The minimum absolute atomic E-state index is 0.0906. The smallest absolute Gasteiger partial charge is 0.311 e. The lowest BCUT2D eigenvalue weighted by molar-refractivity contribution is -0.148. The zero-order valence-corrected chi connectivity index (χ0v) is 15.6. The van der Waals surface area contributed by atoms with Gasteiger partial charge in [-0.05, 0) is 31.5 Å². The second-order valence-corrected chi connectivity index (χ2v) is 7.74. The molecule has 2 unspecified atom stereocenters. The highest BCUT2D eigenvalue weighted by molar-refractivity contribution is 7.99. The van der Waals surface area contributed by atoms with Crippen LogP contribution in [0.5, 0.6) is 0 Å². The van der Waals surface area contributed by atoms with Crippen LogP contribution in [0.1, 0.15) is 19.4 Å². The van der Waals surface area contributed by atoms with Crippen LogP contribution in [0.25, 0.3) is 0 Å². The van der Waals surface area contributed by atoms with E-state index < -0.39 is 11.1 Å². The summed E-state index contributed by atoms with van der Waals surface area (Å²) in [6, 6.07) is 19.4. The molecule has 5 heteroatoms. The minimum Gasteiger partial charge on any atom is -0.466 e. The SMILES string of the molecule is CCOC(=O)C(CSc1ccccc1)C(C)(P=O)c1ccccc1. The van der Waals surface area contributed by atoms with E-state index in [2.05, 4.69) is 0 Å². The van der Waals surface area contributed by atoms with Crippen LogP contribution in [0.4, 0.5) is 0 Å². The third-order valence-corrected chi connectivity index (χ3v) is 6.01. The highest BCUT2D eigenvalue weighted by Crippen LogP contribution is 2.44. The maximum absolute atomic E-state index is 12.6. The topological polar surface area (TPSA) is 43.4 Å². The van der Waals surface area contributed by atoms with Crippen LogP contribution < -0.4 is 0 Å². The Morgan fingerprint density at radius 2 is 1.71 bits per heavy atom. The van der Waals surface area contributed by atoms with Crippen molar-refractivity contribution in [1.29, 1.82) is 0 Å². The predicted octanol–water partition coefficient (Wildman–Crippen LogP) is 5.17. The first-order valence-electron chi connectivity index (χ1n) is 7.86. The fourth-order valence-corrected chi connectivity index (χ4v) is 4.37. The Morgan fingerprint density at radius 3 is 2.25 bits per heavy atom. The van der Waals surface area contributed by atoms with E-state index in [0.29, 0.717) is 12.4 Å². The van der Waals surface area contributed by atoms with Crippen LogP contribution in [0, 0.1) is 5.92 Å². The molecule has 2 rings (SSSR count). The van der Waals surface area contributed by atoms with E-state index in [4.69, 9.17) is 4.74 Å². The molecular weight excluding hydrogens is 339 g/mol. The molecule has 0 amide bonds. The van der Waals surface area contributed by atoms with E-state index in [0.717, 1.165) is 10.5 Å². The first kappa shape index (κ1) is 18.7. The van der Waals surface area contributed by atoms with E-state index in [9.17, 15) is 9.36 Å². The number of ether oxygens (including phenoxy) is 1. The molecule has 0 spiro atoms. The molecule has 0 N–H and O–H groups in total. The zero-order chi connectivity index (χ0) is 17.4. The summed E-state index contributed by atoms with van der Waals surface area (Å²) in [5, 5.41) is -0.824. The number of carbonyl (C=O) groups is 1. The molecule has 0 saturated heterocycles. The molecule has 0 bridgehead atoms. The lowest BCUT2D eigenvalue weighted by atomic mass is 9.87. The molecule has 0 saturated carbocycles. The van der Waals surface area contributed by atoms with Crippen LogP contribution in [0.15, 0.2) is 65.6 Å². The Hall–Kier alpha value is -1.64. The summed E-state index contributed by atoms with van der Waals surface area (Å²) in [6.45, 7) is 3.95. The second-order valence-electron chi connectivity index (χ2n) is 5.53. The summed E-state index contributed by atoms with van der Waals surface area (Å²) in [7, 11) is -0.0906. The van der Waals surface area contributed by atoms with Crippen molar-refractivity contribution >= 4 is 26.2 Å². The third-order valence-electron chi connectivity index (χ3n) is 3.96. The molecule has 0 fully saturated rings. The van der Waals surface area contributed by atoms with Crippen molar-refractivity contribution in [1.82, 2.24) is 0 Å². The van der Waals surface area contributed by atoms with Crippen LogP contribution >= 0.6 is 20.2 Å². The highest BCUT2D eigenvalue weighted by Gasteiger charge is 2.42. The summed E-state index contributed by atoms with van der Waals surface area (Å²) in [4.78, 5) is 13.6. The number of benzene rings is 2. The predicted molar refractivity (Wildman–Crippen MR) is 98.7 cm³/mol. The van der Waals surface area contributed by atoms with E-state index >= 15 is 0 Å². The van der Waals surface area contributed by atoms with Crippen LogP contribution in [-0.2, 0) is 19.3 Å². The lowest BCUT2D eigenvalue weighted by Gasteiger charge is -2.30. The Morgan fingerprint density at radius 1 is 1.12 bits per heavy atom. The van der Waals surface area contributed by atoms with Gasteiger partial charge in [-0.3, -0.25) is 9.36 Å². The van der Waals surface area contributed by atoms with Gasteiger partial charge in [0.15, 0.2) is 8.46 Å². The maximum Gasteiger partial charge on any atom is 0.311 e. The fourth-order valence-electron chi connectivity index (χ4n) is 2.49. The quantitative estimate of drug-likeness (QED) is 0.370. The molecule has 0 radical (unpaired) electrons. The summed E-state index contributed by atoms with van der Waals surface area (Å²) in [5.74, 6) is -0.316. The summed E-state index contributed by atoms with van der Waals surface area (Å²) < 4.78 is 17.3. The maximum atomic E-state index is 12.6. The van der Waals surface area contributed by atoms with Gasteiger partial charge >= 0.3 is 5.97 Å². The summed E-state index contributed by atoms with van der Waals surface area (Å²) in [5.41, 5.74) is 0.869. The molecule has 0 heterocycles. The number of rotatable bonds is 8. The fraction of sp³-hybridized carbons (Fsp3) is 0.316. The second kappa shape index (κ2) is 9.00. The molecule has 0 aliphatic heterocycles. The molecule has 3 nitrogen and oxygen atoms in total. The zero-order valence-electron chi connectivity index (χ0n) is 13.8. The summed E-state index contributed by atoms with van der Waals surface area (Å²) >= 11 is 1.58. The van der Waals surface area contributed by atoms with Crippen molar-refractivity contribution < 1.29 is 14.1 Å². The summed E-state index contributed by atoms with van der Waals surface area (Å²) in [6.07, 6.45) is 0.